The van der Waals surface area contributed by atoms with Crippen molar-refractivity contribution in [2.45, 2.75) is 25.8 Å². The number of nitrogens with one attached hydrogen (secondary N) is 1. The highest BCUT2D eigenvalue weighted by molar-refractivity contribution is 7.13. The fourth-order valence-electron chi connectivity index (χ4n) is 2.81. The molecule has 0 unspecified atom stereocenters. The van der Waals surface area contributed by atoms with Crippen LogP contribution >= 0.6 is 11.3 Å². The highest BCUT2D eigenvalue weighted by Crippen LogP contribution is 2.26. The lowest BCUT2D eigenvalue weighted by molar-refractivity contribution is -0.385. The van der Waals surface area contributed by atoms with E-state index in [2.05, 4.69) is 15.3 Å². The average Bonchev–Trinajstić information content (AvgIpc) is 3.00. The van der Waals surface area contributed by atoms with Crippen LogP contribution in [-0.2, 0) is 0 Å². The van der Waals surface area contributed by atoms with Crippen LogP contribution in [0.15, 0.2) is 17.6 Å². The molecule has 25 heavy (non-hydrogen) atoms. The number of primary amides is 1. The van der Waals surface area contributed by atoms with Gasteiger partial charge >= 0.3 is 0 Å². The number of rotatable bonds is 5. The van der Waals surface area contributed by atoms with Gasteiger partial charge in [0.05, 0.1) is 16.2 Å². The molecular formula is C15H18N6O3S. The summed E-state index contributed by atoms with van der Waals surface area (Å²) >= 11 is 1.58. The lowest BCUT2D eigenvalue weighted by Crippen LogP contribution is -2.40. The predicted molar refractivity (Wildman–Crippen MR) is 95.1 cm³/mol. The van der Waals surface area contributed by atoms with Crippen LogP contribution in [0.3, 0.4) is 0 Å². The number of thiazole rings is 1. The summed E-state index contributed by atoms with van der Waals surface area (Å²) in [5, 5.41) is 17.2. The Balaban J connectivity index is 1.70. The van der Waals surface area contributed by atoms with Gasteiger partial charge in [-0.25, -0.2) is 9.97 Å². The molecule has 2 aromatic heterocycles. The minimum absolute atomic E-state index is 0.0798. The fourth-order valence-corrected chi connectivity index (χ4v) is 3.58. The van der Waals surface area contributed by atoms with Gasteiger partial charge in [-0.3, -0.25) is 14.9 Å². The molecule has 1 saturated heterocycles. The third-order valence-corrected chi connectivity index (χ3v) is 4.96. The van der Waals surface area contributed by atoms with Gasteiger partial charge in [-0.05, 0) is 19.8 Å². The zero-order chi connectivity index (χ0) is 18.0. The quantitative estimate of drug-likeness (QED) is 0.614. The molecule has 1 fully saturated rings. The van der Waals surface area contributed by atoms with Crippen LogP contribution in [0.4, 0.5) is 16.6 Å². The van der Waals surface area contributed by atoms with Gasteiger partial charge in [-0.2, -0.15) is 0 Å². The van der Waals surface area contributed by atoms with Crippen molar-refractivity contribution in [3.63, 3.8) is 0 Å². The van der Waals surface area contributed by atoms with E-state index in [9.17, 15) is 14.9 Å². The third-order valence-electron chi connectivity index (χ3n) is 4.07. The molecule has 3 heterocycles. The van der Waals surface area contributed by atoms with E-state index in [4.69, 9.17) is 5.73 Å². The summed E-state index contributed by atoms with van der Waals surface area (Å²) in [5.41, 5.74) is 6.20. The number of hydrogen-bond acceptors (Lipinski definition) is 8. The SMILES string of the molecule is Cc1csc(NC2CCN(c3ncc([N+](=O)[O-])cc3C(N)=O)CC2)n1. The molecule has 0 radical (unpaired) electrons. The van der Waals surface area contributed by atoms with Crippen LogP contribution in [-0.4, -0.2) is 39.9 Å². The number of piperidine rings is 1. The Labute approximate surface area is 148 Å². The van der Waals surface area contributed by atoms with E-state index in [-0.39, 0.29) is 17.3 Å². The number of amides is 1. The molecule has 1 aliphatic heterocycles. The van der Waals surface area contributed by atoms with Crippen molar-refractivity contribution in [2.24, 2.45) is 5.73 Å². The van der Waals surface area contributed by atoms with Gasteiger partial charge < -0.3 is 16.0 Å². The normalized spacial score (nSPS) is 15.2. The Bertz CT molecular complexity index is 800. The van der Waals surface area contributed by atoms with Gasteiger partial charge in [0.25, 0.3) is 11.6 Å². The number of nitrogens with two attached hydrogens (primary N) is 1. The van der Waals surface area contributed by atoms with E-state index in [0.717, 1.165) is 29.9 Å². The molecule has 0 atom stereocenters. The molecule has 10 heteroatoms. The Kier molecular flexibility index (Phi) is 4.79. The van der Waals surface area contributed by atoms with E-state index < -0.39 is 10.8 Å². The zero-order valence-corrected chi connectivity index (χ0v) is 14.5. The first-order chi connectivity index (χ1) is 11.9. The maximum absolute atomic E-state index is 11.7. The molecular weight excluding hydrogens is 344 g/mol. The highest BCUT2D eigenvalue weighted by atomic mass is 32.1. The van der Waals surface area contributed by atoms with E-state index in [0.29, 0.717) is 18.9 Å². The third kappa shape index (κ3) is 3.85. The van der Waals surface area contributed by atoms with Crippen molar-refractivity contribution in [1.29, 1.82) is 0 Å². The zero-order valence-electron chi connectivity index (χ0n) is 13.6. The van der Waals surface area contributed by atoms with Crippen LogP contribution in [0.5, 0.6) is 0 Å². The smallest absolute Gasteiger partial charge is 0.288 e. The number of nitro groups is 1. The number of nitrogens with zero attached hydrogens (tertiary/aromatic N) is 4. The van der Waals surface area contributed by atoms with E-state index in [1.807, 2.05) is 17.2 Å². The molecule has 2 aromatic rings. The Morgan fingerprint density at radius 3 is 2.76 bits per heavy atom. The fraction of sp³-hybridized carbons (Fsp3) is 0.400. The number of carbonyl (C=O) groups is 1. The van der Waals surface area contributed by atoms with Crippen LogP contribution < -0.4 is 16.0 Å². The average molecular weight is 362 g/mol. The first kappa shape index (κ1) is 17.1. The second-order valence-electron chi connectivity index (χ2n) is 5.89. The molecule has 0 saturated carbocycles. The lowest BCUT2D eigenvalue weighted by atomic mass is 10.0. The van der Waals surface area contributed by atoms with Crippen molar-refractivity contribution < 1.29 is 9.72 Å². The molecule has 1 amide bonds. The number of anilines is 2. The monoisotopic (exact) mass is 362 g/mol. The summed E-state index contributed by atoms with van der Waals surface area (Å²) in [6.07, 6.45) is 2.84. The van der Waals surface area contributed by atoms with Gasteiger partial charge in [0, 0.05) is 30.6 Å². The Hall–Kier alpha value is -2.75. The van der Waals surface area contributed by atoms with Crippen LogP contribution in [0.2, 0.25) is 0 Å². The second kappa shape index (κ2) is 7.01. The lowest BCUT2D eigenvalue weighted by Gasteiger charge is -2.33. The van der Waals surface area contributed by atoms with Crippen LogP contribution in [0.25, 0.3) is 0 Å². The molecule has 9 nitrogen and oxygen atoms in total. The number of pyridine rings is 1. The van der Waals surface area contributed by atoms with Gasteiger partial charge in [-0.1, -0.05) is 0 Å². The topological polar surface area (TPSA) is 127 Å². The van der Waals surface area contributed by atoms with E-state index in [1.165, 1.54) is 6.07 Å². The molecule has 0 bridgehead atoms. The van der Waals surface area contributed by atoms with Gasteiger partial charge in [0.1, 0.15) is 12.0 Å². The van der Waals surface area contributed by atoms with Crippen molar-refractivity contribution >= 4 is 33.9 Å². The summed E-state index contributed by atoms with van der Waals surface area (Å²) in [7, 11) is 0. The Morgan fingerprint density at radius 2 is 2.20 bits per heavy atom. The Morgan fingerprint density at radius 1 is 1.48 bits per heavy atom. The number of hydrogen-bond donors (Lipinski definition) is 2. The standard InChI is InChI=1S/C15H18N6O3S/c1-9-8-25-15(18-9)19-10-2-4-20(5-3-10)14-12(13(16)22)6-11(7-17-14)21(23)24/h6-8,10H,2-5H2,1H3,(H2,16,22)(H,18,19). The van der Waals surface area contributed by atoms with Crippen molar-refractivity contribution in [3.8, 4) is 0 Å². The number of aryl methyl sites for hydroxylation is 1. The number of aromatic nitrogens is 2. The molecule has 3 N–H and O–H groups in total. The molecule has 132 valence electrons. The molecule has 0 aliphatic carbocycles. The van der Waals surface area contributed by atoms with Crippen molar-refractivity contribution in [3.05, 3.63) is 39.0 Å². The maximum Gasteiger partial charge on any atom is 0.288 e. The molecule has 0 spiro atoms. The summed E-state index contributed by atoms with van der Waals surface area (Å²) < 4.78 is 0. The minimum Gasteiger partial charge on any atom is -0.365 e. The predicted octanol–water partition coefficient (Wildman–Crippen LogP) is 1.93. The summed E-state index contributed by atoms with van der Waals surface area (Å²) in [4.78, 5) is 32.4. The number of carbonyl (C=O) groups excluding carboxylic acids is 1. The minimum atomic E-state index is -0.718. The van der Waals surface area contributed by atoms with Gasteiger partial charge in [0.2, 0.25) is 0 Å². The first-order valence-corrected chi connectivity index (χ1v) is 8.70. The largest absolute Gasteiger partial charge is 0.365 e. The summed E-state index contributed by atoms with van der Waals surface area (Å²) in [5.74, 6) is -0.314. The first-order valence-electron chi connectivity index (χ1n) is 7.82. The summed E-state index contributed by atoms with van der Waals surface area (Å²) in [6.45, 7) is 3.30. The van der Waals surface area contributed by atoms with E-state index >= 15 is 0 Å². The molecule has 1 aliphatic rings. The second-order valence-corrected chi connectivity index (χ2v) is 6.74. The van der Waals surface area contributed by atoms with Crippen LogP contribution in [0.1, 0.15) is 28.9 Å². The summed E-state index contributed by atoms with van der Waals surface area (Å²) in [6, 6.07) is 1.48. The van der Waals surface area contributed by atoms with Crippen molar-refractivity contribution in [2.75, 3.05) is 23.3 Å². The molecule has 3 rings (SSSR count). The highest BCUT2D eigenvalue weighted by Gasteiger charge is 2.25. The van der Waals surface area contributed by atoms with Crippen LogP contribution in [0, 0.1) is 17.0 Å². The molecule has 0 aromatic carbocycles. The van der Waals surface area contributed by atoms with Crippen molar-refractivity contribution in [1.82, 2.24) is 9.97 Å². The maximum atomic E-state index is 11.7. The van der Waals surface area contributed by atoms with E-state index in [1.54, 1.807) is 11.3 Å². The van der Waals surface area contributed by atoms with Gasteiger partial charge in [0.15, 0.2) is 5.13 Å². The van der Waals surface area contributed by atoms with Gasteiger partial charge in [-0.15, -0.1) is 11.3 Å².